The minimum atomic E-state index is -4.29. The molecule has 2 rings (SSSR count). The smallest absolute Gasteiger partial charge is 0.282 e. The third-order valence-electron chi connectivity index (χ3n) is 9.04. The van der Waals surface area contributed by atoms with Gasteiger partial charge in [-0.05, 0) is 42.2 Å². The van der Waals surface area contributed by atoms with E-state index in [1.165, 1.54) is 140 Å². The maximum Gasteiger partial charge on any atom is 0.295 e. The van der Waals surface area contributed by atoms with E-state index in [0.717, 1.165) is 36.6 Å². The summed E-state index contributed by atoms with van der Waals surface area (Å²) in [4.78, 5) is 0.139. The number of hydrogen-bond acceptors (Lipinski definition) is 2. The van der Waals surface area contributed by atoms with Crippen molar-refractivity contribution in [2.24, 2.45) is 0 Å². The Morgan fingerprint density at radius 1 is 0.452 bits per heavy atom. The minimum absolute atomic E-state index is 0.139. The first-order valence-electron chi connectivity index (χ1n) is 18.0. The first-order chi connectivity index (χ1) is 20.5. The zero-order valence-corrected chi connectivity index (χ0v) is 28.3. The normalized spacial score (nSPS) is 12.0. The van der Waals surface area contributed by atoms with Crippen LogP contribution >= 0.6 is 0 Å². The van der Waals surface area contributed by atoms with Crippen molar-refractivity contribution in [3.8, 4) is 0 Å². The number of rotatable bonds is 27. The molecule has 2 aromatic carbocycles. The molecule has 4 heteroatoms. The fourth-order valence-electron chi connectivity index (χ4n) is 6.47. The summed E-state index contributed by atoms with van der Waals surface area (Å²) in [6.07, 6.45) is 33.0. The maximum atomic E-state index is 12.5. The molecule has 0 aliphatic heterocycles. The Labute approximate surface area is 260 Å². The summed E-state index contributed by atoms with van der Waals surface area (Å²) in [6.45, 7) is 4.54. The van der Waals surface area contributed by atoms with Gasteiger partial charge in [0.15, 0.2) is 0 Å². The Balaban J connectivity index is 1.75. The molecule has 0 aliphatic rings. The predicted molar refractivity (Wildman–Crippen MR) is 183 cm³/mol. The second-order valence-electron chi connectivity index (χ2n) is 12.8. The lowest BCUT2D eigenvalue weighted by molar-refractivity contribution is 0.482. The lowest BCUT2D eigenvalue weighted by atomic mass is 9.96. The van der Waals surface area contributed by atoms with Crippen LogP contribution in [0.1, 0.15) is 179 Å². The summed E-state index contributed by atoms with van der Waals surface area (Å²) in [5.41, 5.74) is 1.96. The number of hydrogen-bond donors (Lipinski definition) is 1. The number of unbranched alkanes of at least 4 members (excludes halogenated alkanes) is 22. The van der Waals surface area contributed by atoms with Gasteiger partial charge in [0.25, 0.3) is 10.1 Å². The summed E-state index contributed by atoms with van der Waals surface area (Å²) in [7, 11) is -4.29. The van der Waals surface area contributed by atoms with Crippen LogP contribution < -0.4 is 0 Å². The average molecular weight is 601 g/mol. The van der Waals surface area contributed by atoms with Crippen LogP contribution in [-0.2, 0) is 23.0 Å². The number of aryl methyl sites for hydroxylation is 2. The van der Waals surface area contributed by atoms with Gasteiger partial charge in [-0.2, -0.15) is 8.42 Å². The standard InChI is InChI=1S/C38H64O3S/c1-3-5-7-9-11-13-15-17-19-21-23-25-28-34-30-27-31-37-36(34)33-32-35(38(37)42(39,40)41)29-26-24-22-20-18-16-14-12-10-8-6-4-2/h27,30-33H,3-26,28-29H2,1-2H3,(H,39,40,41). The van der Waals surface area contributed by atoms with Gasteiger partial charge in [0, 0.05) is 5.39 Å². The molecule has 42 heavy (non-hydrogen) atoms. The fraction of sp³-hybridized carbons (Fsp3) is 0.737. The van der Waals surface area contributed by atoms with Crippen LogP contribution in [0.3, 0.4) is 0 Å². The molecular formula is C38H64O3S. The molecule has 0 unspecified atom stereocenters. The van der Waals surface area contributed by atoms with Crippen molar-refractivity contribution in [2.75, 3.05) is 0 Å². The van der Waals surface area contributed by atoms with Gasteiger partial charge in [-0.15, -0.1) is 0 Å². The van der Waals surface area contributed by atoms with Gasteiger partial charge in [0.1, 0.15) is 4.90 Å². The first kappa shape index (κ1) is 36.8. The highest BCUT2D eigenvalue weighted by Gasteiger charge is 2.20. The largest absolute Gasteiger partial charge is 0.295 e. The molecule has 2 aromatic rings. The van der Waals surface area contributed by atoms with Gasteiger partial charge >= 0.3 is 0 Å². The molecule has 3 nitrogen and oxygen atoms in total. The Hall–Kier alpha value is -1.39. The van der Waals surface area contributed by atoms with Crippen molar-refractivity contribution < 1.29 is 13.0 Å². The second kappa shape index (κ2) is 23.1. The highest BCUT2D eigenvalue weighted by Crippen LogP contribution is 2.31. The summed E-state index contributed by atoms with van der Waals surface area (Å²) in [5, 5.41) is 1.66. The molecule has 0 heterocycles. The second-order valence-corrected chi connectivity index (χ2v) is 14.2. The summed E-state index contributed by atoms with van der Waals surface area (Å²) in [5.74, 6) is 0. The van der Waals surface area contributed by atoms with E-state index in [2.05, 4.69) is 26.0 Å². The van der Waals surface area contributed by atoms with Crippen molar-refractivity contribution in [1.82, 2.24) is 0 Å². The summed E-state index contributed by atoms with van der Waals surface area (Å²) < 4.78 is 35.3. The molecule has 0 aromatic heterocycles. The molecule has 0 radical (unpaired) electrons. The van der Waals surface area contributed by atoms with Crippen LogP contribution in [0.4, 0.5) is 0 Å². The van der Waals surface area contributed by atoms with E-state index in [1.807, 2.05) is 18.2 Å². The number of benzene rings is 2. The van der Waals surface area contributed by atoms with Gasteiger partial charge in [-0.25, -0.2) is 0 Å². The molecule has 1 N–H and O–H groups in total. The quantitative estimate of drug-likeness (QED) is 0.0819. The topological polar surface area (TPSA) is 54.4 Å². The lowest BCUT2D eigenvalue weighted by Crippen LogP contribution is -2.05. The molecule has 240 valence electrons. The molecule has 0 bridgehead atoms. The highest BCUT2D eigenvalue weighted by atomic mass is 32.2. The molecule has 0 fully saturated rings. The van der Waals surface area contributed by atoms with Crippen LogP contribution in [0.2, 0.25) is 0 Å². The zero-order valence-electron chi connectivity index (χ0n) is 27.4. The van der Waals surface area contributed by atoms with Crippen molar-refractivity contribution in [2.45, 2.75) is 186 Å². The van der Waals surface area contributed by atoms with Crippen LogP contribution in [0.15, 0.2) is 35.2 Å². The lowest BCUT2D eigenvalue weighted by Gasteiger charge is -2.14. The minimum Gasteiger partial charge on any atom is -0.282 e. The van der Waals surface area contributed by atoms with Gasteiger partial charge in [0.2, 0.25) is 0 Å². The van der Waals surface area contributed by atoms with Gasteiger partial charge in [-0.1, -0.05) is 185 Å². The van der Waals surface area contributed by atoms with E-state index in [1.54, 1.807) is 0 Å². The SMILES string of the molecule is CCCCCCCCCCCCCCc1ccc2c(CCCCCCCCCCCCCC)cccc2c1S(=O)(=O)O. The van der Waals surface area contributed by atoms with Crippen LogP contribution in [0, 0.1) is 0 Å². The zero-order chi connectivity index (χ0) is 30.3. The Morgan fingerprint density at radius 3 is 1.24 bits per heavy atom. The molecule has 0 amide bonds. The Kier molecular flexibility index (Phi) is 20.2. The maximum absolute atomic E-state index is 12.5. The van der Waals surface area contributed by atoms with Gasteiger partial charge in [-0.3, -0.25) is 4.55 Å². The van der Waals surface area contributed by atoms with E-state index < -0.39 is 10.1 Å². The fourth-order valence-corrected chi connectivity index (χ4v) is 7.43. The molecule has 0 aliphatic carbocycles. The molecular weight excluding hydrogens is 536 g/mol. The monoisotopic (exact) mass is 600 g/mol. The number of fused-ring (bicyclic) bond motifs is 1. The predicted octanol–water partition coefficient (Wildman–Crippen LogP) is 12.6. The molecule has 0 saturated carbocycles. The van der Waals surface area contributed by atoms with Crippen molar-refractivity contribution in [3.63, 3.8) is 0 Å². The Morgan fingerprint density at radius 2 is 0.833 bits per heavy atom. The molecule has 0 atom stereocenters. The average Bonchev–Trinajstić information content (AvgIpc) is 2.97. The van der Waals surface area contributed by atoms with Crippen LogP contribution in [0.25, 0.3) is 10.8 Å². The van der Waals surface area contributed by atoms with Gasteiger partial charge in [0.05, 0.1) is 0 Å². The van der Waals surface area contributed by atoms with E-state index in [4.69, 9.17) is 0 Å². The van der Waals surface area contributed by atoms with Crippen molar-refractivity contribution in [3.05, 3.63) is 41.5 Å². The van der Waals surface area contributed by atoms with Gasteiger partial charge < -0.3 is 0 Å². The van der Waals surface area contributed by atoms with E-state index in [9.17, 15) is 13.0 Å². The third kappa shape index (κ3) is 15.4. The van der Waals surface area contributed by atoms with Crippen LogP contribution in [-0.4, -0.2) is 13.0 Å². The van der Waals surface area contributed by atoms with Crippen molar-refractivity contribution >= 4 is 20.9 Å². The summed E-state index contributed by atoms with van der Waals surface area (Å²) in [6, 6.07) is 10.0. The van der Waals surface area contributed by atoms with E-state index in [-0.39, 0.29) is 4.90 Å². The van der Waals surface area contributed by atoms with Crippen LogP contribution in [0.5, 0.6) is 0 Å². The van der Waals surface area contributed by atoms with E-state index in [0.29, 0.717) is 11.8 Å². The summed E-state index contributed by atoms with van der Waals surface area (Å²) >= 11 is 0. The molecule has 0 spiro atoms. The Bertz CT molecular complexity index is 1060. The molecule has 0 saturated heterocycles. The van der Waals surface area contributed by atoms with Crippen molar-refractivity contribution in [1.29, 1.82) is 0 Å². The third-order valence-corrected chi connectivity index (χ3v) is 10.0. The first-order valence-corrected chi connectivity index (χ1v) is 19.4. The highest BCUT2D eigenvalue weighted by molar-refractivity contribution is 7.86. The van der Waals surface area contributed by atoms with E-state index >= 15 is 0 Å².